The van der Waals surface area contributed by atoms with Crippen LogP contribution < -0.4 is 10.1 Å². The second-order valence-corrected chi connectivity index (χ2v) is 7.43. The van der Waals surface area contributed by atoms with Gasteiger partial charge in [-0.3, -0.25) is 0 Å². The van der Waals surface area contributed by atoms with Gasteiger partial charge in [0.15, 0.2) is 6.61 Å². The number of hydrogen-bond donors (Lipinski definition) is 1. The molecule has 0 aliphatic rings. The van der Waals surface area contributed by atoms with E-state index in [1.54, 1.807) is 45.0 Å². The summed E-state index contributed by atoms with van der Waals surface area (Å²) in [7, 11) is 1.28. The van der Waals surface area contributed by atoms with E-state index < -0.39 is 29.7 Å². The first kappa shape index (κ1) is 24.3. The summed E-state index contributed by atoms with van der Waals surface area (Å²) < 4.78 is 20.3. The number of esters is 2. The standard InChI is InChI=1S/C21H31NO7/c1-6-7-12-27-19(24)17(22-20(25)29-21(2,3)4)13-15-8-10-16(11-9-15)28-14-18(23)26-5/h8-11,17H,6-7,12-14H2,1-5H3,(H,22,25)/t17-/m0/s1. The van der Waals surface area contributed by atoms with E-state index in [0.717, 1.165) is 18.4 Å². The Balaban J connectivity index is 2.77. The van der Waals surface area contributed by atoms with Crippen molar-refractivity contribution in [2.24, 2.45) is 0 Å². The summed E-state index contributed by atoms with van der Waals surface area (Å²) in [5, 5.41) is 2.58. The molecule has 0 heterocycles. The van der Waals surface area contributed by atoms with Gasteiger partial charge in [-0.1, -0.05) is 25.5 Å². The van der Waals surface area contributed by atoms with E-state index in [1.165, 1.54) is 7.11 Å². The summed E-state index contributed by atoms with van der Waals surface area (Å²) in [5.41, 5.74) is 0.100. The average molecular weight is 409 g/mol. The Morgan fingerprint density at radius 2 is 1.76 bits per heavy atom. The van der Waals surface area contributed by atoms with Crippen molar-refractivity contribution in [3.63, 3.8) is 0 Å². The van der Waals surface area contributed by atoms with Gasteiger partial charge in [0.05, 0.1) is 13.7 Å². The van der Waals surface area contributed by atoms with Gasteiger partial charge in [-0.05, 0) is 44.9 Å². The Kier molecular flexibility index (Phi) is 9.99. The lowest BCUT2D eigenvalue weighted by atomic mass is 10.1. The van der Waals surface area contributed by atoms with Gasteiger partial charge in [0, 0.05) is 6.42 Å². The first-order valence-electron chi connectivity index (χ1n) is 9.59. The number of hydrogen-bond acceptors (Lipinski definition) is 7. The predicted octanol–water partition coefficient (Wildman–Crippen LogP) is 3.02. The van der Waals surface area contributed by atoms with E-state index in [0.29, 0.717) is 12.4 Å². The molecule has 0 saturated carbocycles. The zero-order valence-electron chi connectivity index (χ0n) is 17.8. The highest BCUT2D eigenvalue weighted by atomic mass is 16.6. The highest BCUT2D eigenvalue weighted by molar-refractivity contribution is 5.81. The monoisotopic (exact) mass is 409 g/mol. The van der Waals surface area contributed by atoms with Crippen LogP contribution in [0, 0.1) is 0 Å². The summed E-state index contributed by atoms with van der Waals surface area (Å²) in [5.74, 6) is -0.512. The normalized spacial score (nSPS) is 11.9. The molecule has 0 aliphatic carbocycles. The number of unbranched alkanes of at least 4 members (excludes halogenated alkanes) is 1. The quantitative estimate of drug-likeness (QED) is 0.360. The van der Waals surface area contributed by atoms with Gasteiger partial charge < -0.3 is 24.3 Å². The van der Waals surface area contributed by atoms with Crippen molar-refractivity contribution in [1.82, 2.24) is 5.32 Å². The molecule has 8 heteroatoms. The van der Waals surface area contributed by atoms with Crippen LogP contribution in [0.3, 0.4) is 0 Å². The van der Waals surface area contributed by atoms with E-state index >= 15 is 0 Å². The Bertz CT molecular complexity index is 665. The number of carbonyl (C=O) groups excluding carboxylic acids is 3. The van der Waals surface area contributed by atoms with Crippen molar-refractivity contribution in [3.8, 4) is 5.75 Å². The van der Waals surface area contributed by atoms with Gasteiger partial charge in [0.2, 0.25) is 0 Å². The molecule has 0 bridgehead atoms. The Morgan fingerprint density at radius 1 is 1.10 bits per heavy atom. The maximum atomic E-state index is 12.4. The second-order valence-electron chi connectivity index (χ2n) is 7.43. The molecule has 1 atom stereocenters. The lowest BCUT2D eigenvalue weighted by molar-refractivity contribution is -0.146. The van der Waals surface area contributed by atoms with Crippen LogP contribution in [0.15, 0.2) is 24.3 Å². The number of rotatable bonds is 10. The van der Waals surface area contributed by atoms with Crippen molar-refractivity contribution < 1.29 is 33.3 Å². The van der Waals surface area contributed by atoms with Gasteiger partial charge in [-0.25, -0.2) is 14.4 Å². The molecular formula is C21H31NO7. The van der Waals surface area contributed by atoms with Crippen LogP contribution >= 0.6 is 0 Å². The molecule has 1 rings (SSSR count). The minimum Gasteiger partial charge on any atom is -0.482 e. The highest BCUT2D eigenvalue weighted by Gasteiger charge is 2.26. The minimum absolute atomic E-state index is 0.192. The molecule has 0 aromatic heterocycles. The molecular weight excluding hydrogens is 378 g/mol. The smallest absolute Gasteiger partial charge is 0.408 e. The number of benzene rings is 1. The molecule has 1 amide bonds. The number of carbonyl (C=O) groups is 3. The summed E-state index contributed by atoms with van der Waals surface area (Å²) in [6.45, 7) is 7.33. The predicted molar refractivity (Wildman–Crippen MR) is 107 cm³/mol. The van der Waals surface area contributed by atoms with Gasteiger partial charge in [-0.2, -0.15) is 0 Å². The van der Waals surface area contributed by atoms with Gasteiger partial charge in [0.1, 0.15) is 17.4 Å². The molecule has 0 unspecified atom stereocenters. The third-order valence-corrected chi connectivity index (χ3v) is 3.67. The first-order chi connectivity index (χ1) is 13.6. The topological polar surface area (TPSA) is 100 Å². The van der Waals surface area contributed by atoms with E-state index in [2.05, 4.69) is 10.1 Å². The molecule has 0 radical (unpaired) electrons. The van der Waals surface area contributed by atoms with E-state index in [9.17, 15) is 14.4 Å². The van der Waals surface area contributed by atoms with E-state index in [-0.39, 0.29) is 13.0 Å². The maximum Gasteiger partial charge on any atom is 0.408 e. The molecule has 0 saturated heterocycles. The van der Waals surface area contributed by atoms with Crippen molar-refractivity contribution in [2.45, 2.75) is 58.6 Å². The number of methoxy groups -OCH3 is 1. The largest absolute Gasteiger partial charge is 0.482 e. The van der Waals surface area contributed by atoms with Crippen LogP contribution in [0.4, 0.5) is 4.79 Å². The summed E-state index contributed by atoms with van der Waals surface area (Å²) in [6.07, 6.45) is 1.18. The average Bonchev–Trinajstić information content (AvgIpc) is 2.65. The number of ether oxygens (including phenoxy) is 4. The van der Waals surface area contributed by atoms with Crippen LogP contribution in [0.25, 0.3) is 0 Å². The van der Waals surface area contributed by atoms with E-state index in [4.69, 9.17) is 14.2 Å². The molecule has 8 nitrogen and oxygen atoms in total. The van der Waals surface area contributed by atoms with Crippen LogP contribution in [0.2, 0.25) is 0 Å². The molecule has 1 N–H and O–H groups in total. The van der Waals surface area contributed by atoms with Gasteiger partial charge >= 0.3 is 18.0 Å². The van der Waals surface area contributed by atoms with Crippen molar-refractivity contribution in [3.05, 3.63) is 29.8 Å². The SMILES string of the molecule is CCCCOC(=O)[C@H](Cc1ccc(OCC(=O)OC)cc1)NC(=O)OC(C)(C)C. The fourth-order valence-electron chi connectivity index (χ4n) is 2.22. The Morgan fingerprint density at radius 3 is 2.31 bits per heavy atom. The molecule has 1 aromatic carbocycles. The highest BCUT2D eigenvalue weighted by Crippen LogP contribution is 2.15. The third kappa shape index (κ3) is 10.4. The molecule has 1 aromatic rings. The third-order valence-electron chi connectivity index (χ3n) is 3.67. The number of amides is 1. The number of alkyl carbamates (subject to hydrolysis) is 1. The maximum absolute atomic E-state index is 12.4. The molecule has 0 spiro atoms. The van der Waals surface area contributed by atoms with Crippen LogP contribution in [-0.2, 0) is 30.2 Å². The second kappa shape index (κ2) is 11.9. The van der Waals surface area contributed by atoms with Crippen molar-refractivity contribution >= 4 is 18.0 Å². The fourth-order valence-corrected chi connectivity index (χ4v) is 2.22. The fraction of sp³-hybridized carbons (Fsp3) is 0.571. The van der Waals surface area contributed by atoms with Crippen LogP contribution in [0.5, 0.6) is 5.75 Å². The molecule has 29 heavy (non-hydrogen) atoms. The summed E-state index contributed by atoms with van der Waals surface area (Å²) in [4.78, 5) is 35.7. The van der Waals surface area contributed by atoms with Crippen molar-refractivity contribution in [2.75, 3.05) is 20.3 Å². The first-order valence-corrected chi connectivity index (χ1v) is 9.59. The lowest BCUT2D eigenvalue weighted by Crippen LogP contribution is -2.45. The Hall–Kier alpha value is -2.77. The molecule has 0 fully saturated rings. The molecule has 0 aliphatic heterocycles. The van der Waals surface area contributed by atoms with Crippen LogP contribution in [-0.4, -0.2) is 50.0 Å². The van der Waals surface area contributed by atoms with Crippen LogP contribution in [0.1, 0.15) is 46.1 Å². The Labute approximate surface area is 171 Å². The summed E-state index contributed by atoms with van der Waals surface area (Å²) in [6, 6.07) is 5.95. The lowest BCUT2D eigenvalue weighted by Gasteiger charge is -2.23. The number of nitrogens with one attached hydrogen (secondary N) is 1. The van der Waals surface area contributed by atoms with Crippen molar-refractivity contribution in [1.29, 1.82) is 0 Å². The van der Waals surface area contributed by atoms with E-state index in [1.807, 2.05) is 6.92 Å². The summed E-state index contributed by atoms with van der Waals surface area (Å²) >= 11 is 0. The zero-order valence-corrected chi connectivity index (χ0v) is 17.8. The van der Waals surface area contributed by atoms with Gasteiger partial charge in [-0.15, -0.1) is 0 Å². The van der Waals surface area contributed by atoms with Gasteiger partial charge in [0.25, 0.3) is 0 Å². The minimum atomic E-state index is -0.886. The zero-order chi connectivity index (χ0) is 21.9. The molecule has 162 valence electrons.